The van der Waals surface area contributed by atoms with Crippen LogP contribution < -0.4 is 11.5 Å². The molecule has 0 spiro atoms. The van der Waals surface area contributed by atoms with E-state index in [1.54, 1.807) is 0 Å². The molecule has 0 radical (unpaired) electrons. The minimum atomic E-state index is -0.749. The topological polar surface area (TPSA) is 89.3 Å². The van der Waals surface area contributed by atoms with Crippen LogP contribution in [0.1, 0.15) is 23.1 Å². The fourth-order valence-corrected chi connectivity index (χ4v) is 3.88. The molecular weight excluding hydrogens is 312 g/mol. The van der Waals surface area contributed by atoms with Gasteiger partial charge in [-0.2, -0.15) is 0 Å². The second kappa shape index (κ2) is 7.81. The lowest BCUT2D eigenvalue weighted by molar-refractivity contribution is -0.124. The van der Waals surface area contributed by atoms with Gasteiger partial charge in [0.2, 0.25) is 5.91 Å². The second-order valence-electron chi connectivity index (χ2n) is 7.10. The Morgan fingerprint density at radius 2 is 1.60 bits per heavy atom. The quantitative estimate of drug-likeness (QED) is 0.719. The highest BCUT2D eigenvalue weighted by molar-refractivity contribution is 5.77. The fourth-order valence-electron chi connectivity index (χ4n) is 3.88. The van der Waals surface area contributed by atoms with Crippen LogP contribution in [0.15, 0.2) is 54.6 Å². The first-order valence-corrected chi connectivity index (χ1v) is 8.88. The van der Waals surface area contributed by atoms with E-state index in [0.717, 1.165) is 18.4 Å². The smallest absolute Gasteiger partial charge is 0.220 e. The lowest BCUT2D eigenvalue weighted by atomic mass is 9.83. The van der Waals surface area contributed by atoms with Gasteiger partial charge >= 0.3 is 0 Å². The number of hydrogen-bond acceptors (Lipinski definition) is 3. The summed E-state index contributed by atoms with van der Waals surface area (Å²) in [5, 5.41) is 10.5. The molecule has 1 aliphatic carbocycles. The summed E-state index contributed by atoms with van der Waals surface area (Å²) in [5.74, 6) is -0.554. The molecule has 0 heterocycles. The number of rotatable bonds is 7. The first-order valence-electron chi connectivity index (χ1n) is 8.88. The van der Waals surface area contributed by atoms with E-state index in [1.165, 1.54) is 11.1 Å². The summed E-state index contributed by atoms with van der Waals surface area (Å²) in [5.41, 5.74) is 15.5. The lowest BCUT2D eigenvalue weighted by Crippen LogP contribution is -2.42. The number of aliphatic hydroxyl groups excluding tert-OH is 1. The summed E-state index contributed by atoms with van der Waals surface area (Å²) in [6.45, 7) is 0. The summed E-state index contributed by atoms with van der Waals surface area (Å²) >= 11 is 0. The number of aliphatic hydroxyl groups is 1. The van der Waals surface area contributed by atoms with Gasteiger partial charge in [-0.3, -0.25) is 4.79 Å². The molecule has 0 aromatic heterocycles. The van der Waals surface area contributed by atoms with Crippen molar-refractivity contribution < 1.29 is 9.90 Å². The van der Waals surface area contributed by atoms with Crippen molar-refractivity contribution in [2.75, 3.05) is 0 Å². The molecule has 0 fully saturated rings. The monoisotopic (exact) mass is 338 g/mol. The van der Waals surface area contributed by atoms with E-state index in [1.807, 2.05) is 42.5 Å². The fraction of sp³-hybridized carbons (Fsp3) is 0.381. The van der Waals surface area contributed by atoms with Crippen LogP contribution in [0.2, 0.25) is 0 Å². The highest BCUT2D eigenvalue weighted by Crippen LogP contribution is 2.33. The van der Waals surface area contributed by atoms with Crippen molar-refractivity contribution in [2.45, 2.75) is 37.8 Å². The molecule has 0 unspecified atom stereocenters. The SMILES string of the molecule is NC(=O)[C@@H](C[C@H](O)[C@@H](N)Cc1ccccc1)C1Cc2ccccc2C1. The van der Waals surface area contributed by atoms with E-state index >= 15 is 0 Å². The third-order valence-electron chi connectivity index (χ3n) is 5.32. The molecule has 25 heavy (non-hydrogen) atoms. The predicted molar refractivity (Wildman–Crippen MR) is 98.8 cm³/mol. The minimum absolute atomic E-state index is 0.147. The van der Waals surface area contributed by atoms with Crippen LogP contribution in [0.5, 0.6) is 0 Å². The number of fused-ring (bicyclic) bond motifs is 1. The van der Waals surface area contributed by atoms with Crippen LogP contribution in [-0.4, -0.2) is 23.2 Å². The molecule has 0 saturated carbocycles. The van der Waals surface area contributed by atoms with Crippen molar-refractivity contribution in [1.29, 1.82) is 0 Å². The summed E-state index contributed by atoms with van der Waals surface area (Å²) in [7, 11) is 0. The normalized spacial score (nSPS) is 17.7. The molecule has 3 atom stereocenters. The number of nitrogens with two attached hydrogens (primary N) is 2. The number of primary amides is 1. The summed E-state index contributed by atoms with van der Waals surface area (Å²) in [4.78, 5) is 12.0. The third kappa shape index (κ3) is 4.27. The standard InChI is InChI=1S/C21H26N2O2/c22-19(10-14-6-2-1-3-7-14)20(24)13-18(21(23)25)17-11-15-8-4-5-9-16(15)12-17/h1-9,17-20,24H,10-13,22H2,(H2,23,25)/t18-,19-,20-/m0/s1. The van der Waals surface area contributed by atoms with Crippen LogP contribution in [-0.2, 0) is 24.1 Å². The van der Waals surface area contributed by atoms with E-state index in [2.05, 4.69) is 12.1 Å². The maximum Gasteiger partial charge on any atom is 0.220 e. The Morgan fingerprint density at radius 1 is 1.04 bits per heavy atom. The Bertz CT molecular complexity index is 692. The number of hydrogen-bond donors (Lipinski definition) is 3. The van der Waals surface area contributed by atoms with Crippen LogP contribution in [0.4, 0.5) is 0 Å². The second-order valence-corrected chi connectivity index (χ2v) is 7.10. The average molecular weight is 338 g/mol. The lowest BCUT2D eigenvalue weighted by Gasteiger charge is -2.26. The highest BCUT2D eigenvalue weighted by Gasteiger charge is 2.34. The van der Waals surface area contributed by atoms with E-state index < -0.39 is 12.1 Å². The van der Waals surface area contributed by atoms with Gasteiger partial charge in [0.1, 0.15) is 0 Å². The Morgan fingerprint density at radius 3 is 2.16 bits per heavy atom. The molecule has 3 rings (SSSR count). The highest BCUT2D eigenvalue weighted by atomic mass is 16.3. The molecule has 4 heteroatoms. The van der Waals surface area contributed by atoms with Crippen LogP contribution in [0.25, 0.3) is 0 Å². The zero-order valence-electron chi connectivity index (χ0n) is 14.3. The van der Waals surface area contributed by atoms with Gasteiger partial charge in [0.25, 0.3) is 0 Å². The van der Waals surface area contributed by atoms with E-state index in [0.29, 0.717) is 12.8 Å². The number of carbonyl (C=O) groups is 1. The zero-order valence-corrected chi connectivity index (χ0v) is 14.3. The predicted octanol–water partition coefficient (Wildman–Crippen LogP) is 1.82. The van der Waals surface area contributed by atoms with Crippen molar-refractivity contribution in [3.05, 3.63) is 71.3 Å². The van der Waals surface area contributed by atoms with Crippen molar-refractivity contribution in [2.24, 2.45) is 23.3 Å². The molecule has 2 aromatic carbocycles. The van der Waals surface area contributed by atoms with Gasteiger partial charge in [-0.25, -0.2) is 0 Å². The number of benzene rings is 2. The summed E-state index contributed by atoms with van der Waals surface area (Å²) in [6.07, 6.45) is 1.83. The van der Waals surface area contributed by atoms with Gasteiger partial charge in [0, 0.05) is 12.0 Å². The third-order valence-corrected chi connectivity index (χ3v) is 5.32. The van der Waals surface area contributed by atoms with Crippen molar-refractivity contribution >= 4 is 5.91 Å². The van der Waals surface area contributed by atoms with Gasteiger partial charge in [0.15, 0.2) is 0 Å². The number of amides is 1. The maximum absolute atomic E-state index is 12.0. The molecule has 0 aliphatic heterocycles. The first kappa shape index (κ1) is 17.6. The Labute approximate surface area is 148 Å². The Kier molecular flexibility index (Phi) is 5.51. The van der Waals surface area contributed by atoms with Gasteiger partial charge in [-0.15, -0.1) is 0 Å². The van der Waals surface area contributed by atoms with Gasteiger partial charge in [0.05, 0.1) is 6.10 Å². The number of carbonyl (C=O) groups excluding carboxylic acids is 1. The molecule has 1 amide bonds. The molecule has 4 nitrogen and oxygen atoms in total. The van der Waals surface area contributed by atoms with Crippen molar-refractivity contribution in [3.8, 4) is 0 Å². The van der Waals surface area contributed by atoms with Crippen molar-refractivity contribution in [3.63, 3.8) is 0 Å². The van der Waals surface area contributed by atoms with E-state index in [-0.39, 0.29) is 17.7 Å². The molecule has 0 saturated heterocycles. The minimum Gasteiger partial charge on any atom is -0.391 e. The Balaban J connectivity index is 1.63. The molecule has 1 aliphatic rings. The molecule has 5 N–H and O–H groups in total. The summed E-state index contributed by atoms with van der Waals surface area (Å²) < 4.78 is 0. The Hall–Kier alpha value is -2.17. The largest absolute Gasteiger partial charge is 0.391 e. The van der Waals surface area contributed by atoms with Crippen molar-refractivity contribution in [1.82, 2.24) is 0 Å². The van der Waals surface area contributed by atoms with E-state index in [9.17, 15) is 9.90 Å². The summed E-state index contributed by atoms with van der Waals surface area (Å²) in [6, 6.07) is 17.7. The van der Waals surface area contributed by atoms with Gasteiger partial charge < -0.3 is 16.6 Å². The maximum atomic E-state index is 12.0. The molecule has 0 bridgehead atoms. The molecule has 132 valence electrons. The van der Waals surface area contributed by atoms with Crippen LogP contribution >= 0.6 is 0 Å². The average Bonchev–Trinajstić information content (AvgIpc) is 3.03. The van der Waals surface area contributed by atoms with Gasteiger partial charge in [-0.1, -0.05) is 54.6 Å². The molecule has 2 aromatic rings. The van der Waals surface area contributed by atoms with E-state index in [4.69, 9.17) is 11.5 Å². The van der Waals surface area contributed by atoms with Crippen LogP contribution in [0.3, 0.4) is 0 Å². The van der Waals surface area contributed by atoms with Gasteiger partial charge in [-0.05, 0) is 48.3 Å². The zero-order chi connectivity index (χ0) is 17.8. The molecular formula is C21H26N2O2. The first-order chi connectivity index (χ1) is 12.0. The van der Waals surface area contributed by atoms with Crippen LogP contribution in [0, 0.1) is 11.8 Å².